The zero-order valence-electron chi connectivity index (χ0n) is 13.7. The van der Waals surface area contributed by atoms with Gasteiger partial charge in [0.1, 0.15) is 11.5 Å². The van der Waals surface area contributed by atoms with Gasteiger partial charge >= 0.3 is 6.18 Å². The van der Waals surface area contributed by atoms with E-state index in [1.165, 1.54) is 17.0 Å². The molecule has 27 heavy (non-hydrogen) atoms. The van der Waals surface area contributed by atoms with Gasteiger partial charge in [-0.05, 0) is 30.3 Å². The van der Waals surface area contributed by atoms with Gasteiger partial charge in [-0.15, -0.1) is 0 Å². The third-order valence-electron chi connectivity index (χ3n) is 3.27. The van der Waals surface area contributed by atoms with Crippen molar-refractivity contribution in [3.8, 4) is 0 Å². The van der Waals surface area contributed by atoms with Crippen molar-refractivity contribution in [1.82, 2.24) is 9.97 Å². The first-order chi connectivity index (χ1) is 12.7. The summed E-state index contributed by atoms with van der Waals surface area (Å²) in [6.07, 6.45) is -3.80. The molecule has 0 radical (unpaired) electrons. The predicted molar refractivity (Wildman–Crippen MR) is 90.3 cm³/mol. The highest BCUT2D eigenvalue weighted by Crippen LogP contribution is 2.28. The number of amides is 2. The largest absolute Gasteiger partial charge is 0.433 e. The number of anilines is 1. The molecule has 0 saturated heterocycles. The van der Waals surface area contributed by atoms with Gasteiger partial charge in [-0.25, -0.2) is 14.4 Å². The molecule has 11 heteroatoms. The van der Waals surface area contributed by atoms with Gasteiger partial charge in [0.2, 0.25) is 11.8 Å². The Labute approximate surface area is 155 Å². The highest BCUT2D eigenvalue weighted by atomic mass is 32.2. The summed E-state index contributed by atoms with van der Waals surface area (Å²) >= 11 is 0.716. The van der Waals surface area contributed by atoms with E-state index < -0.39 is 29.5 Å². The van der Waals surface area contributed by atoms with Gasteiger partial charge in [-0.2, -0.15) is 13.2 Å². The zero-order valence-corrected chi connectivity index (χ0v) is 14.6. The molecule has 144 valence electrons. The molecule has 0 saturated carbocycles. The smallest absolute Gasteiger partial charge is 0.370 e. The molecular weight excluding hydrogens is 388 g/mol. The van der Waals surface area contributed by atoms with Gasteiger partial charge in [0, 0.05) is 24.8 Å². The molecule has 0 unspecified atom stereocenters. The third-order valence-corrected chi connectivity index (χ3v) is 4.12. The summed E-state index contributed by atoms with van der Waals surface area (Å²) in [6, 6.07) is 5.70. The van der Waals surface area contributed by atoms with Gasteiger partial charge < -0.3 is 10.6 Å². The lowest BCUT2D eigenvalue weighted by Gasteiger charge is -2.22. The van der Waals surface area contributed by atoms with Gasteiger partial charge in [0.25, 0.3) is 0 Å². The minimum atomic E-state index is -4.62. The van der Waals surface area contributed by atoms with Crippen LogP contribution in [0.1, 0.15) is 12.1 Å². The second kappa shape index (κ2) is 8.80. The first-order valence-corrected chi connectivity index (χ1v) is 8.52. The minimum absolute atomic E-state index is 0.0518. The van der Waals surface area contributed by atoms with Crippen molar-refractivity contribution in [3.63, 3.8) is 0 Å². The molecule has 0 spiro atoms. The number of nitrogens with zero attached hydrogens (tertiary/aromatic N) is 3. The molecule has 2 rings (SSSR count). The van der Waals surface area contributed by atoms with E-state index in [9.17, 15) is 27.2 Å². The first kappa shape index (κ1) is 20.6. The Morgan fingerprint density at radius 1 is 1.15 bits per heavy atom. The maximum absolute atomic E-state index is 13.1. The maximum atomic E-state index is 13.1. The van der Waals surface area contributed by atoms with Gasteiger partial charge in [0.15, 0.2) is 5.16 Å². The van der Waals surface area contributed by atoms with Crippen molar-refractivity contribution in [2.75, 3.05) is 17.2 Å². The maximum Gasteiger partial charge on any atom is 0.433 e. The van der Waals surface area contributed by atoms with E-state index in [0.717, 1.165) is 24.4 Å². The van der Waals surface area contributed by atoms with E-state index in [2.05, 4.69) is 9.97 Å². The van der Waals surface area contributed by atoms with Crippen molar-refractivity contribution in [3.05, 3.63) is 48.0 Å². The van der Waals surface area contributed by atoms with Crippen LogP contribution in [-0.2, 0) is 15.8 Å². The summed E-state index contributed by atoms with van der Waals surface area (Å²) in [4.78, 5) is 31.8. The Balaban J connectivity index is 2.11. The number of carbonyl (C=O) groups is 2. The highest BCUT2D eigenvalue weighted by Gasteiger charge is 2.32. The van der Waals surface area contributed by atoms with Crippen molar-refractivity contribution >= 4 is 29.3 Å². The number of nitrogens with two attached hydrogens (primary N) is 1. The van der Waals surface area contributed by atoms with E-state index in [-0.39, 0.29) is 23.9 Å². The molecule has 6 nitrogen and oxygen atoms in total. The average molecular weight is 402 g/mol. The number of rotatable bonds is 7. The fourth-order valence-electron chi connectivity index (χ4n) is 2.01. The molecular formula is C16H14F4N4O2S. The molecule has 1 aromatic heterocycles. The lowest BCUT2D eigenvalue weighted by atomic mass is 10.2. The fourth-order valence-corrected chi connectivity index (χ4v) is 2.72. The van der Waals surface area contributed by atoms with Crippen molar-refractivity contribution in [2.45, 2.75) is 17.8 Å². The number of primary amides is 1. The van der Waals surface area contributed by atoms with Crippen LogP contribution in [0.3, 0.4) is 0 Å². The van der Waals surface area contributed by atoms with Crippen LogP contribution >= 0.6 is 11.8 Å². The van der Waals surface area contributed by atoms with Gasteiger partial charge in [0.05, 0.1) is 5.75 Å². The van der Waals surface area contributed by atoms with Crippen LogP contribution in [0.15, 0.2) is 41.7 Å². The number of halogens is 4. The van der Waals surface area contributed by atoms with Crippen molar-refractivity contribution in [2.24, 2.45) is 5.73 Å². The first-order valence-electron chi connectivity index (χ1n) is 7.54. The molecule has 2 amide bonds. The van der Waals surface area contributed by atoms with E-state index in [1.54, 1.807) is 0 Å². The number of aromatic nitrogens is 2. The van der Waals surface area contributed by atoms with Crippen LogP contribution in [0.5, 0.6) is 0 Å². The van der Waals surface area contributed by atoms with E-state index >= 15 is 0 Å². The highest BCUT2D eigenvalue weighted by molar-refractivity contribution is 7.99. The summed E-state index contributed by atoms with van der Waals surface area (Å²) < 4.78 is 51.1. The molecule has 2 aromatic rings. The molecule has 0 aliphatic carbocycles. The Morgan fingerprint density at radius 3 is 2.41 bits per heavy atom. The average Bonchev–Trinajstić information content (AvgIpc) is 2.61. The van der Waals surface area contributed by atoms with Crippen molar-refractivity contribution < 1.29 is 27.2 Å². The van der Waals surface area contributed by atoms with E-state index in [4.69, 9.17) is 5.73 Å². The lowest BCUT2D eigenvalue weighted by Crippen LogP contribution is -2.35. The van der Waals surface area contributed by atoms with E-state index in [0.29, 0.717) is 17.4 Å². The number of alkyl halides is 3. The van der Waals surface area contributed by atoms with Crippen LogP contribution in [0.4, 0.5) is 23.2 Å². The number of thioether (sulfide) groups is 1. The van der Waals surface area contributed by atoms with Crippen LogP contribution in [0, 0.1) is 5.82 Å². The predicted octanol–water partition coefficient (Wildman–Crippen LogP) is 2.64. The summed E-state index contributed by atoms with van der Waals surface area (Å²) in [5.74, 6) is -1.94. The normalized spacial score (nSPS) is 11.3. The Kier molecular flexibility index (Phi) is 6.72. The zero-order chi connectivity index (χ0) is 20.0. The Morgan fingerprint density at radius 2 is 1.81 bits per heavy atom. The van der Waals surface area contributed by atoms with E-state index in [1.807, 2.05) is 0 Å². The van der Waals surface area contributed by atoms with Gasteiger partial charge in [-0.3, -0.25) is 9.59 Å². The Hall–Kier alpha value is -2.69. The second-order valence-corrected chi connectivity index (χ2v) is 6.19. The molecule has 0 bridgehead atoms. The number of carbonyl (C=O) groups excluding carboxylic acids is 2. The van der Waals surface area contributed by atoms with Crippen LogP contribution in [0.25, 0.3) is 0 Å². The monoisotopic (exact) mass is 402 g/mol. The second-order valence-electron chi connectivity index (χ2n) is 5.25. The number of hydrogen-bond donors (Lipinski definition) is 1. The number of hydrogen-bond acceptors (Lipinski definition) is 5. The number of benzene rings is 1. The molecule has 0 aliphatic heterocycles. The summed E-state index contributed by atoms with van der Waals surface area (Å²) in [5, 5.41) is -0.216. The molecule has 0 fully saturated rings. The minimum Gasteiger partial charge on any atom is -0.370 e. The summed E-state index contributed by atoms with van der Waals surface area (Å²) in [5.41, 5.74) is 4.31. The molecule has 1 aromatic carbocycles. The van der Waals surface area contributed by atoms with Gasteiger partial charge in [-0.1, -0.05) is 11.8 Å². The molecule has 0 atom stereocenters. The fraction of sp³-hybridized carbons (Fsp3) is 0.250. The standard InChI is InChI=1S/C16H14F4N4O2S/c17-10-1-3-11(4-2-10)24(8-6-13(21)25)14(26)9-27-15-22-7-5-12(23-15)16(18,19)20/h1-5,7H,6,8-9H2,(H2,21,25). The molecule has 0 aliphatic rings. The molecule has 2 N–H and O–H groups in total. The van der Waals surface area contributed by atoms with Crippen LogP contribution in [0.2, 0.25) is 0 Å². The van der Waals surface area contributed by atoms with Crippen molar-refractivity contribution in [1.29, 1.82) is 0 Å². The SMILES string of the molecule is NC(=O)CCN(C(=O)CSc1nccc(C(F)(F)F)n1)c1ccc(F)cc1. The lowest BCUT2D eigenvalue weighted by molar-refractivity contribution is -0.141. The Bertz CT molecular complexity index is 815. The summed E-state index contributed by atoms with van der Waals surface area (Å²) in [7, 11) is 0. The summed E-state index contributed by atoms with van der Waals surface area (Å²) in [6.45, 7) is -0.0518. The van der Waals surface area contributed by atoms with Crippen LogP contribution < -0.4 is 10.6 Å². The molecule has 1 heterocycles. The topological polar surface area (TPSA) is 89.2 Å². The quantitative estimate of drug-likeness (QED) is 0.437. The van der Waals surface area contributed by atoms with Crippen LogP contribution in [-0.4, -0.2) is 34.1 Å². The third kappa shape index (κ3) is 6.20.